The van der Waals surface area contributed by atoms with Crippen LogP contribution in [0.4, 0.5) is 0 Å². The Balaban J connectivity index is 0.000001000. The van der Waals surface area contributed by atoms with Crippen LogP contribution >= 0.6 is 0 Å². The van der Waals surface area contributed by atoms with Crippen molar-refractivity contribution in [1.29, 1.82) is 0 Å². The van der Waals surface area contributed by atoms with Gasteiger partial charge in [-0.15, -0.1) is 0 Å². The van der Waals surface area contributed by atoms with Gasteiger partial charge in [0.2, 0.25) is 0 Å². The van der Waals surface area contributed by atoms with Crippen molar-refractivity contribution in [2.75, 3.05) is 0 Å². The zero-order chi connectivity index (χ0) is 7.40. The molecule has 0 spiro atoms. The first-order chi connectivity index (χ1) is 4.83. The van der Waals surface area contributed by atoms with Gasteiger partial charge in [-0.2, -0.15) is 0 Å². The van der Waals surface area contributed by atoms with Gasteiger partial charge in [0.05, 0.1) is 0 Å². The van der Waals surface area contributed by atoms with Crippen LogP contribution < -0.4 is 4.74 Å². The van der Waals surface area contributed by atoms with Crippen LogP contribution in [0.1, 0.15) is 5.56 Å². The third-order valence-electron chi connectivity index (χ3n) is 1.17. The SMILES string of the molecule is Cc1cccc(OC=O)c1.O. The van der Waals surface area contributed by atoms with E-state index in [0.29, 0.717) is 12.2 Å². The summed E-state index contributed by atoms with van der Waals surface area (Å²) in [6.07, 6.45) is 0. The molecule has 60 valence electrons. The Bertz CT molecular complexity index is 233. The minimum Gasteiger partial charge on any atom is -0.429 e. The van der Waals surface area contributed by atoms with Gasteiger partial charge in [0, 0.05) is 0 Å². The largest absolute Gasteiger partial charge is 0.429 e. The van der Waals surface area contributed by atoms with Crippen molar-refractivity contribution in [3.63, 3.8) is 0 Å². The highest BCUT2D eigenvalue weighted by Crippen LogP contribution is 2.10. The van der Waals surface area contributed by atoms with E-state index in [4.69, 9.17) is 0 Å². The van der Waals surface area contributed by atoms with Gasteiger partial charge in [-0.3, -0.25) is 4.79 Å². The van der Waals surface area contributed by atoms with Gasteiger partial charge in [0.15, 0.2) is 0 Å². The minimum absolute atomic E-state index is 0. The Labute approximate surface area is 64.9 Å². The van der Waals surface area contributed by atoms with Crippen molar-refractivity contribution < 1.29 is 15.0 Å². The minimum atomic E-state index is 0. The molecule has 0 aromatic heterocycles. The second-order valence-electron chi connectivity index (χ2n) is 2.03. The maximum atomic E-state index is 9.86. The highest BCUT2D eigenvalue weighted by Gasteiger charge is 1.89. The first-order valence-electron chi connectivity index (χ1n) is 3.00. The Morgan fingerprint density at radius 3 is 2.73 bits per heavy atom. The van der Waals surface area contributed by atoms with Crippen molar-refractivity contribution in [1.82, 2.24) is 0 Å². The molecule has 1 aromatic carbocycles. The monoisotopic (exact) mass is 154 g/mol. The fraction of sp³-hybridized carbons (Fsp3) is 0.125. The van der Waals surface area contributed by atoms with E-state index in [2.05, 4.69) is 4.74 Å². The Morgan fingerprint density at radius 2 is 2.18 bits per heavy atom. The highest BCUT2D eigenvalue weighted by molar-refractivity contribution is 5.45. The van der Waals surface area contributed by atoms with Crippen molar-refractivity contribution in [2.45, 2.75) is 6.92 Å². The van der Waals surface area contributed by atoms with Gasteiger partial charge < -0.3 is 10.2 Å². The Morgan fingerprint density at radius 1 is 1.45 bits per heavy atom. The number of ether oxygens (including phenoxy) is 1. The Hall–Kier alpha value is -1.35. The van der Waals surface area contributed by atoms with Gasteiger partial charge in [-0.1, -0.05) is 12.1 Å². The van der Waals surface area contributed by atoms with E-state index in [1.807, 2.05) is 19.1 Å². The molecule has 2 N–H and O–H groups in total. The summed E-state index contributed by atoms with van der Waals surface area (Å²) in [4.78, 5) is 9.86. The second kappa shape index (κ2) is 4.46. The summed E-state index contributed by atoms with van der Waals surface area (Å²) in [6.45, 7) is 2.37. The van der Waals surface area contributed by atoms with E-state index in [1.165, 1.54) is 0 Å². The standard InChI is InChI=1S/C8H8O2.H2O/c1-7-3-2-4-8(5-7)10-6-9;/h2-6H,1H3;1H2. The van der Waals surface area contributed by atoms with E-state index in [9.17, 15) is 4.79 Å². The van der Waals surface area contributed by atoms with Gasteiger partial charge in [0.25, 0.3) is 6.47 Å². The zero-order valence-corrected chi connectivity index (χ0v) is 6.20. The van der Waals surface area contributed by atoms with Crippen molar-refractivity contribution in [3.8, 4) is 5.75 Å². The topological polar surface area (TPSA) is 57.8 Å². The molecule has 1 rings (SSSR count). The normalized spacial score (nSPS) is 8.09. The smallest absolute Gasteiger partial charge is 0.298 e. The number of hydrogen-bond donors (Lipinski definition) is 0. The van der Waals surface area contributed by atoms with Crippen LogP contribution in [0.5, 0.6) is 5.75 Å². The number of carbonyl (C=O) groups excluding carboxylic acids is 1. The maximum absolute atomic E-state index is 9.86. The molecule has 0 fully saturated rings. The van der Waals surface area contributed by atoms with Crippen LogP contribution in [0, 0.1) is 6.92 Å². The summed E-state index contributed by atoms with van der Waals surface area (Å²) in [7, 11) is 0. The molecule has 0 aliphatic carbocycles. The van der Waals surface area contributed by atoms with E-state index in [1.54, 1.807) is 12.1 Å². The van der Waals surface area contributed by atoms with E-state index < -0.39 is 0 Å². The molecule has 11 heavy (non-hydrogen) atoms. The lowest BCUT2D eigenvalue weighted by molar-refractivity contribution is -0.120. The van der Waals surface area contributed by atoms with Crippen LogP contribution in [0.15, 0.2) is 24.3 Å². The zero-order valence-electron chi connectivity index (χ0n) is 6.20. The molecule has 3 nitrogen and oxygen atoms in total. The molecule has 0 saturated heterocycles. The summed E-state index contributed by atoms with van der Waals surface area (Å²) >= 11 is 0. The van der Waals surface area contributed by atoms with Crippen molar-refractivity contribution in [2.24, 2.45) is 0 Å². The molecule has 0 radical (unpaired) electrons. The fourth-order valence-corrected chi connectivity index (χ4v) is 0.744. The summed E-state index contributed by atoms with van der Waals surface area (Å²) in [6, 6.07) is 7.32. The molecular formula is C8H10O3. The van der Waals surface area contributed by atoms with Crippen LogP contribution in [0.2, 0.25) is 0 Å². The predicted molar refractivity (Wildman–Crippen MR) is 41.5 cm³/mol. The molecule has 0 unspecified atom stereocenters. The summed E-state index contributed by atoms with van der Waals surface area (Å²) in [5.74, 6) is 0.593. The van der Waals surface area contributed by atoms with Gasteiger partial charge in [-0.05, 0) is 24.6 Å². The molecule has 0 saturated carbocycles. The summed E-state index contributed by atoms with van der Waals surface area (Å²) in [5.41, 5.74) is 1.08. The first-order valence-corrected chi connectivity index (χ1v) is 3.00. The number of benzene rings is 1. The Kier molecular flexibility index (Phi) is 3.92. The molecular weight excluding hydrogens is 144 g/mol. The van der Waals surface area contributed by atoms with Crippen LogP contribution in [-0.4, -0.2) is 11.9 Å². The summed E-state index contributed by atoms with van der Waals surface area (Å²) in [5, 5.41) is 0. The van der Waals surface area contributed by atoms with Crippen LogP contribution in [-0.2, 0) is 4.79 Å². The van der Waals surface area contributed by atoms with E-state index in [-0.39, 0.29) is 5.48 Å². The lowest BCUT2D eigenvalue weighted by Crippen LogP contribution is -1.87. The van der Waals surface area contributed by atoms with Crippen molar-refractivity contribution >= 4 is 6.47 Å². The molecule has 0 atom stereocenters. The number of hydrogen-bond acceptors (Lipinski definition) is 2. The molecule has 3 heteroatoms. The third kappa shape index (κ3) is 2.82. The van der Waals surface area contributed by atoms with Crippen LogP contribution in [0.25, 0.3) is 0 Å². The van der Waals surface area contributed by atoms with Gasteiger partial charge in [-0.25, -0.2) is 0 Å². The molecule has 0 bridgehead atoms. The maximum Gasteiger partial charge on any atom is 0.298 e. The van der Waals surface area contributed by atoms with Gasteiger partial charge in [0.1, 0.15) is 5.75 Å². The quantitative estimate of drug-likeness (QED) is 0.589. The highest BCUT2D eigenvalue weighted by atomic mass is 16.5. The molecule has 0 heterocycles. The van der Waals surface area contributed by atoms with E-state index >= 15 is 0 Å². The lowest BCUT2D eigenvalue weighted by atomic mass is 10.2. The average molecular weight is 154 g/mol. The lowest BCUT2D eigenvalue weighted by Gasteiger charge is -1.96. The predicted octanol–water partition coefficient (Wildman–Crippen LogP) is 0.706. The second-order valence-corrected chi connectivity index (χ2v) is 2.03. The first kappa shape index (κ1) is 9.65. The fourth-order valence-electron chi connectivity index (χ4n) is 0.744. The molecule has 0 aliphatic heterocycles. The molecule has 0 amide bonds. The van der Waals surface area contributed by atoms with Crippen LogP contribution in [0.3, 0.4) is 0 Å². The van der Waals surface area contributed by atoms with E-state index in [0.717, 1.165) is 5.56 Å². The molecule has 1 aromatic rings. The number of carbonyl (C=O) groups is 1. The number of aryl methyl sites for hydroxylation is 1. The number of rotatable bonds is 2. The molecule has 0 aliphatic rings. The van der Waals surface area contributed by atoms with Crippen molar-refractivity contribution in [3.05, 3.63) is 29.8 Å². The van der Waals surface area contributed by atoms with Gasteiger partial charge >= 0.3 is 0 Å². The third-order valence-corrected chi connectivity index (χ3v) is 1.17. The summed E-state index contributed by atoms with van der Waals surface area (Å²) < 4.78 is 4.61. The average Bonchev–Trinajstić information content (AvgIpc) is 1.88.